The van der Waals surface area contributed by atoms with Gasteiger partial charge in [0.1, 0.15) is 29.0 Å². The lowest BCUT2D eigenvalue weighted by Gasteiger charge is -2.25. The Kier molecular flexibility index (Phi) is 3.54. The van der Waals surface area contributed by atoms with E-state index >= 15 is 0 Å². The van der Waals surface area contributed by atoms with E-state index in [0.717, 1.165) is 15.5 Å². The zero-order chi connectivity index (χ0) is 15.7. The van der Waals surface area contributed by atoms with Crippen LogP contribution in [0.1, 0.15) is 11.1 Å². The Morgan fingerprint density at radius 3 is 2.27 bits per heavy atom. The number of fused-ring (bicyclic) bond motifs is 2. The predicted molar refractivity (Wildman–Crippen MR) is 82.8 cm³/mol. The molecule has 0 spiro atoms. The van der Waals surface area contributed by atoms with Gasteiger partial charge in [-0.05, 0) is 12.1 Å². The van der Waals surface area contributed by atoms with Gasteiger partial charge in [-0.1, -0.05) is 23.9 Å². The van der Waals surface area contributed by atoms with E-state index in [1.54, 1.807) is 0 Å². The minimum Gasteiger partial charge on any atom is -0.494 e. The number of hydrogen-bond acceptors (Lipinski definition) is 6. The third-order valence-electron chi connectivity index (χ3n) is 3.36. The average molecular weight is 309 g/mol. The number of rotatable bonds is 2. The molecular weight excluding hydrogens is 298 g/mol. The Morgan fingerprint density at radius 2 is 1.64 bits per heavy atom. The number of nitriles is 2. The molecule has 22 heavy (non-hydrogen) atoms. The first-order valence-electron chi connectivity index (χ1n) is 6.41. The van der Waals surface area contributed by atoms with Gasteiger partial charge >= 0.3 is 0 Å². The van der Waals surface area contributed by atoms with Crippen LogP contribution in [0, 0.1) is 22.7 Å². The van der Waals surface area contributed by atoms with E-state index in [9.17, 15) is 10.5 Å². The van der Waals surface area contributed by atoms with Crippen molar-refractivity contribution < 1.29 is 9.47 Å². The van der Waals surface area contributed by atoms with E-state index in [1.165, 1.54) is 26.0 Å². The highest BCUT2D eigenvalue weighted by atomic mass is 32.2. The predicted octanol–water partition coefficient (Wildman–Crippen LogP) is 3.66. The van der Waals surface area contributed by atoms with Gasteiger partial charge in [0.2, 0.25) is 0 Å². The van der Waals surface area contributed by atoms with Crippen molar-refractivity contribution in [3.63, 3.8) is 0 Å². The SMILES string of the molecule is COc1c(C#N)c(C#N)c(OC)c2c1Nc1ccccc1S2. The van der Waals surface area contributed by atoms with Crippen LogP contribution in [0.2, 0.25) is 0 Å². The largest absolute Gasteiger partial charge is 0.494 e. The highest BCUT2D eigenvalue weighted by Crippen LogP contribution is 2.54. The second kappa shape index (κ2) is 5.51. The molecule has 1 heterocycles. The van der Waals surface area contributed by atoms with Gasteiger partial charge in [-0.25, -0.2) is 0 Å². The Labute approximate surface area is 132 Å². The van der Waals surface area contributed by atoms with Crippen LogP contribution < -0.4 is 14.8 Å². The fourth-order valence-electron chi connectivity index (χ4n) is 2.41. The van der Waals surface area contributed by atoms with Crippen molar-refractivity contribution >= 4 is 23.1 Å². The molecule has 0 saturated heterocycles. The first kappa shape index (κ1) is 14.1. The van der Waals surface area contributed by atoms with Crippen LogP contribution in [0.5, 0.6) is 11.5 Å². The number of methoxy groups -OCH3 is 2. The second-order valence-electron chi connectivity index (χ2n) is 4.47. The lowest BCUT2D eigenvalue weighted by atomic mass is 10.0. The molecule has 108 valence electrons. The number of nitrogens with zero attached hydrogens (tertiary/aromatic N) is 2. The molecule has 0 radical (unpaired) electrons. The fraction of sp³-hybridized carbons (Fsp3) is 0.125. The van der Waals surface area contributed by atoms with E-state index in [0.29, 0.717) is 17.2 Å². The Hall–Kier alpha value is -2.83. The third-order valence-corrected chi connectivity index (χ3v) is 4.52. The van der Waals surface area contributed by atoms with Crippen molar-refractivity contribution in [2.45, 2.75) is 9.79 Å². The molecule has 1 N–H and O–H groups in total. The molecule has 1 aliphatic heterocycles. The summed E-state index contributed by atoms with van der Waals surface area (Å²) in [6.45, 7) is 0. The molecule has 0 unspecified atom stereocenters. The second-order valence-corrected chi connectivity index (χ2v) is 5.52. The summed E-state index contributed by atoms with van der Waals surface area (Å²) in [5, 5.41) is 22.1. The monoisotopic (exact) mass is 309 g/mol. The normalized spacial score (nSPS) is 11.3. The van der Waals surface area contributed by atoms with Gasteiger partial charge in [0.05, 0.1) is 24.8 Å². The quantitative estimate of drug-likeness (QED) is 0.778. The van der Waals surface area contributed by atoms with Gasteiger partial charge in [0.15, 0.2) is 11.5 Å². The van der Waals surface area contributed by atoms with Crippen molar-refractivity contribution in [3.05, 3.63) is 35.4 Å². The number of hydrogen-bond donors (Lipinski definition) is 1. The van der Waals surface area contributed by atoms with Crippen LogP contribution in [-0.4, -0.2) is 14.2 Å². The van der Waals surface area contributed by atoms with Crippen LogP contribution in [0.25, 0.3) is 0 Å². The summed E-state index contributed by atoms with van der Waals surface area (Å²) in [6, 6.07) is 11.9. The van der Waals surface area contributed by atoms with Gasteiger partial charge < -0.3 is 14.8 Å². The molecule has 0 amide bonds. The van der Waals surface area contributed by atoms with Crippen molar-refractivity contribution in [2.75, 3.05) is 19.5 Å². The number of para-hydroxylation sites is 1. The standard InChI is InChI=1S/C16H11N3O2S/c1-20-14-9(7-17)10(8-18)15(21-2)16-13(14)19-11-5-3-4-6-12(11)22-16/h3-6,19H,1-2H3. The zero-order valence-electron chi connectivity index (χ0n) is 11.9. The first-order valence-corrected chi connectivity index (χ1v) is 7.22. The Balaban J connectivity index is 2.34. The van der Waals surface area contributed by atoms with Gasteiger partial charge in [0, 0.05) is 4.90 Å². The molecule has 0 aliphatic carbocycles. The van der Waals surface area contributed by atoms with E-state index < -0.39 is 0 Å². The summed E-state index contributed by atoms with van der Waals surface area (Å²) in [7, 11) is 2.97. The lowest BCUT2D eigenvalue weighted by molar-refractivity contribution is 0.393. The molecule has 0 bridgehead atoms. The minimum atomic E-state index is 0.174. The van der Waals surface area contributed by atoms with Gasteiger partial charge in [-0.3, -0.25) is 0 Å². The van der Waals surface area contributed by atoms with Crippen LogP contribution in [0.15, 0.2) is 34.1 Å². The maximum atomic E-state index is 9.41. The fourth-order valence-corrected chi connectivity index (χ4v) is 3.53. The number of ether oxygens (including phenoxy) is 2. The average Bonchev–Trinajstić information content (AvgIpc) is 2.57. The molecule has 3 rings (SSSR count). The minimum absolute atomic E-state index is 0.174. The molecular formula is C16H11N3O2S. The molecule has 0 atom stereocenters. The number of anilines is 2. The zero-order valence-corrected chi connectivity index (χ0v) is 12.7. The molecule has 0 saturated carbocycles. The van der Waals surface area contributed by atoms with Crippen LogP contribution in [0.4, 0.5) is 11.4 Å². The van der Waals surface area contributed by atoms with E-state index in [-0.39, 0.29) is 11.1 Å². The summed E-state index contributed by atoms with van der Waals surface area (Å²) in [5.41, 5.74) is 1.94. The van der Waals surface area contributed by atoms with Gasteiger partial charge in [0.25, 0.3) is 0 Å². The molecule has 5 nitrogen and oxygen atoms in total. The van der Waals surface area contributed by atoms with E-state index in [1.807, 2.05) is 36.4 Å². The van der Waals surface area contributed by atoms with Crippen molar-refractivity contribution in [3.8, 4) is 23.6 Å². The van der Waals surface area contributed by atoms with Crippen LogP contribution in [0.3, 0.4) is 0 Å². The van der Waals surface area contributed by atoms with Gasteiger partial charge in [-0.15, -0.1) is 0 Å². The first-order chi connectivity index (χ1) is 10.7. The van der Waals surface area contributed by atoms with Crippen molar-refractivity contribution in [1.29, 1.82) is 10.5 Å². The summed E-state index contributed by atoms with van der Waals surface area (Å²) in [4.78, 5) is 1.76. The molecule has 2 aromatic carbocycles. The maximum absolute atomic E-state index is 9.41. The molecule has 2 aromatic rings. The molecule has 6 heteroatoms. The molecule has 0 aromatic heterocycles. The number of nitrogens with one attached hydrogen (secondary N) is 1. The van der Waals surface area contributed by atoms with E-state index in [4.69, 9.17) is 9.47 Å². The van der Waals surface area contributed by atoms with E-state index in [2.05, 4.69) is 5.32 Å². The smallest absolute Gasteiger partial charge is 0.162 e. The third kappa shape index (κ3) is 1.93. The highest BCUT2D eigenvalue weighted by Gasteiger charge is 2.29. The van der Waals surface area contributed by atoms with Crippen molar-refractivity contribution in [1.82, 2.24) is 0 Å². The van der Waals surface area contributed by atoms with Gasteiger partial charge in [-0.2, -0.15) is 10.5 Å². The van der Waals surface area contributed by atoms with Crippen molar-refractivity contribution in [2.24, 2.45) is 0 Å². The lowest BCUT2D eigenvalue weighted by Crippen LogP contribution is -2.07. The highest BCUT2D eigenvalue weighted by molar-refractivity contribution is 7.99. The summed E-state index contributed by atoms with van der Waals surface area (Å²) >= 11 is 1.48. The number of benzene rings is 2. The Bertz CT molecular complexity index is 780. The summed E-state index contributed by atoms with van der Waals surface area (Å²) in [6.07, 6.45) is 0. The van der Waals surface area contributed by atoms with Crippen LogP contribution >= 0.6 is 11.8 Å². The maximum Gasteiger partial charge on any atom is 0.162 e. The topological polar surface area (TPSA) is 78.1 Å². The molecule has 0 fully saturated rings. The Morgan fingerprint density at radius 1 is 1.00 bits per heavy atom. The molecule has 1 aliphatic rings. The van der Waals surface area contributed by atoms with Crippen LogP contribution in [-0.2, 0) is 0 Å². The summed E-state index contributed by atoms with van der Waals surface area (Å²) < 4.78 is 10.8. The summed E-state index contributed by atoms with van der Waals surface area (Å²) in [5.74, 6) is 0.749.